The minimum atomic E-state index is -3.79. The molecule has 11 heteroatoms. The molecule has 0 unspecified atom stereocenters. The Bertz CT molecular complexity index is 1310. The molecule has 3 aromatic rings. The number of carbonyl (C=O) groups is 1. The quantitative estimate of drug-likeness (QED) is 0.357. The number of aromatic nitrogens is 1. The number of hydrogen-bond donors (Lipinski definition) is 2. The Labute approximate surface area is 221 Å². The third-order valence-electron chi connectivity index (χ3n) is 4.89. The van der Waals surface area contributed by atoms with Crippen molar-refractivity contribution in [2.24, 2.45) is 5.14 Å². The Morgan fingerprint density at radius 3 is 2.31 bits per heavy atom. The third-order valence-corrected chi connectivity index (χ3v) is 6.49. The predicted molar refractivity (Wildman–Crippen MR) is 142 cm³/mol. The van der Waals surface area contributed by atoms with Crippen LogP contribution in [0, 0.1) is 0 Å². The molecular formula is C25H29Cl2N3O5S. The van der Waals surface area contributed by atoms with Crippen LogP contribution in [-0.4, -0.2) is 26.4 Å². The normalized spacial score (nSPS) is 10.9. The number of hydrogen-bond acceptors (Lipinski definition) is 6. The van der Waals surface area contributed by atoms with Gasteiger partial charge in [0.25, 0.3) is 5.91 Å². The molecule has 36 heavy (non-hydrogen) atoms. The average molecular weight is 554 g/mol. The number of pyridine rings is 1. The second kappa shape index (κ2) is 12.9. The largest absolute Gasteiger partial charge is 0.481 e. The van der Waals surface area contributed by atoms with Crippen LogP contribution in [0.25, 0.3) is 0 Å². The van der Waals surface area contributed by atoms with E-state index in [-0.39, 0.29) is 38.7 Å². The maximum absolute atomic E-state index is 12.8. The summed E-state index contributed by atoms with van der Waals surface area (Å²) in [6.45, 7) is 8.13. The molecule has 0 radical (unpaired) electrons. The van der Waals surface area contributed by atoms with Gasteiger partial charge in [-0.15, -0.1) is 0 Å². The van der Waals surface area contributed by atoms with Crippen molar-refractivity contribution in [1.29, 1.82) is 0 Å². The Balaban J connectivity index is 0.00000222. The topological polar surface area (TPSA) is 121 Å². The minimum Gasteiger partial charge on any atom is -0.481 e. The maximum Gasteiger partial charge on any atom is 0.253 e. The first-order valence-electron chi connectivity index (χ1n) is 11.1. The van der Waals surface area contributed by atoms with E-state index in [0.29, 0.717) is 17.2 Å². The van der Waals surface area contributed by atoms with Gasteiger partial charge >= 0.3 is 0 Å². The highest BCUT2D eigenvalue weighted by atomic mass is 35.5. The molecule has 0 atom stereocenters. The van der Waals surface area contributed by atoms with Crippen molar-refractivity contribution in [3.05, 3.63) is 75.4 Å². The van der Waals surface area contributed by atoms with Gasteiger partial charge in [-0.3, -0.25) is 4.79 Å². The summed E-state index contributed by atoms with van der Waals surface area (Å²) >= 11 is 12.8. The van der Waals surface area contributed by atoms with Crippen LogP contribution in [0.5, 0.6) is 17.4 Å². The van der Waals surface area contributed by atoms with E-state index in [1.165, 1.54) is 30.5 Å². The second-order valence-electron chi connectivity index (χ2n) is 7.64. The summed E-state index contributed by atoms with van der Waals surface area (Å²) in [5, 5.41) is 8.09. The summed E-state index contributed by atoms with van der Waals surface area (Å²) in [6, 6.07) is 10.6. The molecule has 3 rings (SSSR count). The molecule has 8 nitrogen and oxygen atoms in total. The van der Waals surface area contributed by atoms with Gasteiger partial charge in [0.2, 0.25) is 15.9 Å². The maximum atomic E-state index is 12.8. The molecule has 0 spiro atoms. The molecule has 2 aromatic carbocycles. The number of nitrogens with zero attached hydrogens (tertiary/aromatic N) is 1. The van der Waals surface area contributed by atoms with E-state index < -0.39 is 15.9 Å². The van der Waals surface area contributed by atoms with Crippen LogP contribution in [0.1, 0.15) is 55.1 Å². The lowest BCUT2D eigenvalue weighted by molar-refractivity contribution is 0.0950. The smallest absolute Gasteiger partial charge is 0.253 e. The van der Waals surface area contributed by atoms with E-state index in [1.54, 1.807) is 25.3 Å². The number of benzene rings is 2. The zero-order valence-electron chi connectivity index (χ0n) is 20.6. The van der Waals surface area contributed by atoms with Crippen LogP contribution in [0.2, 0.25) is 10.0 Å². The molecule has 0 aliphatic carbocycles. The minimum absolute atomic E-state index is 0.0150. The SMILES string of the molecule is CC.COc1ncc(Oc2c(Cl)ccc(C(=O)NCc3ccc(S(N)(=O)=O)cc3)c2Cl)cc1C(C)C. The zero-order chi connectivity index (χ0) is 27.0. The van der Waals surface area contributed by atoms with Crippen molar-refractivity contribution < 1.29 is 22.7 Å². The molecule has 0 saturated heterocycles. The van der Waals surface area contributed by atoms with Crippen molar-refractivity contribution in [2.45, 2.75) is 45.1 Å². The highest BCUT2D eigenvalue weighted by Crippen LogP contribution is 2.39. The Morgan fingerprint density at radius 2 is 1.75 bits per heavy atom. The van der Waals surface area contributed by atoms with Gasteiger partial charge in [-0.1, -0.05) is 63.0 Å². The Hall–Kier alpha value is -2.85. The van der Waals surface area contributed by atoms with Crippen LogP contribution >= 0.6 is 23.2 Å². The molecule has 0 bridgehead atoms. The van der Waals surface area contributed by atoms with E-state index in [9.17, 15) is 13.2 Å². The summed E-state index contributed by atoms with van der Waals surface area (Å²) in [5.41, 5.74) is 1.68. The van der Waals surface area contributed by atoms with Crippen molar-refractivity contribution >= 4 is 39.1 Å². The fourth-order valence-corrected chi connectivity index (χ4v) is 4.13. The lowest BCUT2D eigenvalue weighted by atomic mass is 10.1. The highest BCUT2D eigenvalue weighted by Gasteiger charge is 2.19. The van der Waals surface area contributed by atoms with Crippen LogP contribution in [0.3, 0.4) is 0 Å². The lowest BCUT2D eigenvalue weighted by Gasteiger charge is -2.15. The van der Waals surface area contributed by atoms with E-state index in [2.05, 4.69) is 10.3 Å². The molecular weight excluding hydrogens is 525 g/mol. The van der Waals surface area contributed by atoms with Gasteiger partial charge in [-0.25, -0.2) is 18.5 Å². The first kappa shape index (κ1) is 29.4. The van der Waals surface area contributed by atoms with Crippen molar-refractivity contribution in [1.82, 2.24) is 10.3 Å². The van der Waals surface area contributed by atoms with Gasteiger partial charge < -0.3 is 14.8 Å². The second-order valence-corrected chi connectivity index (χ2v) is 9.98. The van der Waals surface area contributed by atoms with Crippen LogP contribution < -0.4 is 19.9 Å². The molecule has 1 amide bonds. The Morgan fingerprint density at radius 1 is 1.11 bits per heavy atom. The molecule has 0 saturated carbocycles. The van der Waals surface area contributed by atoms with Gasteiger partial charge in [0.05, 0.1) is 33.8 Å². The number of nitrogens with two attached hydrogens (primary N) is 1. The van der Waals surface area contributed by atoms with Crippen molar-refractivity contribution in [3.63, 3.8) is 0 Å². The number of methoxy groups -OCH3 is 1. The molecule has 0 aliphatic heterocycles. The number of nitrogens with one attached hydrogen (secondary N) is 1. The van der Waals surface area contributed by atoms with Crippen molar-refractivity contribution in [3.8, 4) is 17.4 Å². The van der Waals surface area contributed by atoms with E-state index in [1.807, 2.05) is 27.7 Å². The van der Waals surface area contributed by atoms with Crippen LogP contribution in [0.4, 0.5) is 0 Å². The summed E-state index contributed by atoms with van der Waals surface area (Å²) in [5.74, 6) is 0.673. The summed E-state index contributed by atoms with van der Waals surface area (Å²) < 4.78 is 33.9. The first-order chi connectivity index (χ1) is 17.0. The number of rotatable bonds is 8. The van der Waals surface area contributed by atoms with Gasteiger partial charge in [-0.2, -0.15) is 0 Å². The number of sulfonamides is 1. The monoisotopic (exact) mass is 553 g/mol. The Kier molecular flexibility index (Phi) is 10.5. The number of carbonyl (C=O) groups excluding carboxylic acids is 1. The first-order valence-corrected chi connectivity index (χ1v) is 13.4. The summed E-state index contributed by atoms with van der Waals surface area (Å²) in [7, 11) is -2.25. The third kappa shape index (κ3) is 7.33. The molecule has 0 aliphatic rings. The average Bonchev–Trinajstić information content (AvgIpc) is 2.86. The summed E-state index contributed by atoms with van der Waals surface area (Å²) in [4.78, 5) is 17.0. The van der Waals surface area contributed by atoms with Gasteiger partial charge in [0, 0.05) is 12.1 Å². The molecule has 1 aromatic heterocycles. The summed E-state index contributed by atoms with van der Waals surface area (Å²) in [6.07, 6.45) is 1.48. The molecule has 0 fully saturated rings. The number of primary sulfonamides is 1. The van der Waals surface area contributed by atoms with Gasteiger partial charge in [-0.05, 0) is 41.8 Å². The fourth-order valence-electron chi connectivity index (χ4n) is 3.08. The van der Waals surface area contributed by atoms with E-state index in [4.69, 9.17) is 37.8 Å². The highest BCUT2D eigenvalue weighted by molar-refractivity contribution is 7.89. The van der Waals surface area contributed by atoms with Crippen LogP contribution in [-0.2, 0) is 16.6 Å². The number of ether oxygens (including phenoxy) is 2. The zero-order valence-corrected chi connectivity index (χ0v) is 23.0. The molecule has 194 valence electrons. The van der Waals surface area contributed by atoms with Gasteiger partial charge in [0.15, 0.2) is 5.75 Å². The molecule has 3 N–H and O–H groups in total. The number of amides is 1. The van der Waals surface area contributed by atoms with E-state index in [0.717, 1.165) is 5.56 Å². The standard InChI is InChI=1S/C23H23Cl2N3O5S.C2H6/c1-13(2)18-10-15(12-28-23(18)32-3)33-21-19(24)9-8-17(20(21)25)22(29)27-11-14-4-6-16(7-5-14)34(26,30)31;1-2/h4-10,12-13H,11H2,1-3H3,(H,27,29)(H2,26,30,31);1-2H3. The van der Waals surface area contributed by atoms with Gasteiger partial charge in [0.1, 0.15) is 5.75 Å². The fraction of sp³-hybridized carbons (Fsp3) is 0.280. The lowest BCUT2D eigenvalue weighted by Crippen LogP contribution is -2.23. The molecule has 1 heterocycles. The van der Waals surface area contributed by atoms with Crippen molar-refractivity contribution in [2.75, 3.05) is 7.11 Å². The predicted octanol–water partition coefficient (Wildman–Crippen LogP) is 5.92. The number of halogens is 2. The van der Waals surface area contributed by atoms with E-state index >= 15 is 0 Å². The van der Waals surface area contributed by atoms with Crippen LogP contribution in [0.15, 0.2) is 53.6 Å².